The Morgan fingerprint density at radius 3 is 2.32 bits per heavy atom. The van der Waals surface area contributed by atoms with Crippen molar-refractivity contribution in [3.63, 3.8) is 0 Å². The topological polar surface area (TPSA) is 66.4 Å². The van der Waals surface area contributed by atoms with Crippen LogP contribution in [-0.2, 0) is 9.59 Å². The fourth-order valence-electron chi connectivity index (χ4n) is 1.70. The molecule has 0 spiro atoms. The van der Waals surface area contributed by atoms with Gasteiger partial charge in [-0.05, 0) is 26.2 Å². The van der Waals surface area contributed by atoms with Crippen LogP contribution in [0.3, 0.4) is 0 Å². The molecular weight excluding hydrogens is 244 g/mol. The highest BCUT2D eigenvalue weighted by Crippen LogP contribution is 2.05. The van der Waals surface area contributed by atoms with Crippen LogP contribution in [-0.4, -0.2) is 55.2 Å². The van der Waals surface area contributed by atoms with E-state index in [0.717, 1.165) is 30.3 Å². The third kappa shape index (κ3) is 10.3. The molecule has 0 radical (unpaired) electrons. The molecule has 0 fully saturated rings. The number of nitrogens with zero attached hydrogens (tertiary/aromatic N) is 1. The van der Waals surface area contributed by atoms with Crippen LogP contribution in [0.4, 0.5) is 0 Å². The van der Waals surface area contributed by atoms with Crippen molar-refractivity contribution < 1.29 is 19.2 Å². The summed E-state index contributed by atoms with van der Waals surface area (Å²) >= 11 is 0. The Bertz CT molecular complexity index is 325. The molecule has 0 atom stereocenters. The first kappa shape index (κ1) is 17.6. The normalized spacial score (nSPS) is 11.1. The number of carbonyl (C=O) groups excluding carboxylic acids is 1. The highest BCUT2D eigenvalue weighted by molar-refractivity contribution is 5.91. The van der Waals surface area contributed by atoms with Gasteiger partial charge < -0.3 is 14.9 Å². The maximum Gasteiger partial charge on any atom is 0.309 e. The van der Waals surface area contributed by atoms with Crippen LogP contribution in [0.15, 0.2) is 12.2 Å². The molecule has 0 rings (SSSR count). The lowest BCUT2D eigenvalue weighted by atomic mass is 10.2. The largest absolute Gasteiger partial charge is 0.481 e. The lowest BCUT2D eigenvalue weighted by molar-refractivity contribution is -0.890. The van der Waals surface area contributed by atoms with Gasteiger partial charge in [-0.15, -0.1) is 0 Å². The highest BCUT2D eigenvalue weighted by atomic mass is 16.4. The second kappa shape index (κ2) is 8.69. The molecule has 0 saturated carbocycles. The second-order valence-electron chi connectivity index (χ2n) is 5.62. The Kier molecular flexibility index (Phi) is 8.07. The van der Waals surface area contributed by atoms with Crippen molar-refractivity contribution in [3.8, 4) is 0 Å². The summed E-state index contributed by atoms with van der Waals surface area (Å²) in [5.74, 6) is -0.828. The molecule has 0 aromatic rings. The molecule has 110 valence electrons. The first-order chi connectivity index (χ1) is 8.74. The van der Waals surface area contributed by atoms with E-state index in [1.807, 2.05) is 14.1 Å². The SMILES string of the molecule is C=C(C)C(=O)NCCCCC[N+](C)(C)CCC(=O)O. The van der Waals surface area contributed by atoms with Crippen molar-refractivity contribution in [2.45, 2.75) is 32.6 Å². The molecule has 0 aromatic heterocycles. The lowest BCUT2D eigenvalue weighted by Crippen LogP contribution is -2.42. The molecule has 0 bridgehead atoms. The third-order valence-electron chi connectivity index (χ3n) is 3.04. The molecule has 5 nitrogen and oxygen atoms in total. The van der Waals surface area contributed by atoms with E-state index in [0.29, 0.717) is 18.7 Å². The molecule has 5 heteroatoms. The molecular formula is C14H27N2O3+. The van der Waals surface area contributed by atoms with Gasteiger partial charge in [0.2, 0.25) is 5.91 Å². The number of carboxylic acid groups (broad SMARTS) is 1. The van der Waals surface area contributed by atoms with Crippen molar-refractivity contribution in [3.05, 3.63) is 12.2 Å². The maximum atomic E-state index is 11.2. The van der Waals surface area contributed by atoms with E-state index in [1.165, 1.54) is 0 Å². The Labute approximate surface area is 115 Å². The summed E-state index contributed by atoms with van der Waals surface area (Å²) in [6, 6.07) is 0. The van der Waals surface area contributed by atoms with Crippen molar-refractivity contribution in [2.75, 3.05) is 33.7 Å². The summed E-state index contributed by atoms with van der Waals surface area (Å²) in [7, 11) is 4.09. The average Bonchev–Trinajstić information content (AvgIpc) is 2.30. The van der Waals surface area contributed by atoms with E-state index in [2.05, 4.69) is 11.9 Å². The van der Waals surface area contributed by atoms with Gasteiger partial charge in [-0.1, -0.05) is 6.58 Å². The van der Waals surface area contributed by atoms with Crippen molar-refractivity contribution in [1.29, 1.82) is 0 Å². The Morgan fingerprint density at radius 2 is 1.79 bits per heavy atom. The average molecular weight is 271 g/mol. The molecule has 0 heterocycles. The number of rotatable bonds is 10. The number of aliphatic carboxylic acids is 1. The minimum absolute atomic E-state index is 0.0856. The van der Waals surface area contributed by atoms with Gasteiger partial charge in [0, 0.05) is 12.1 Å². The quantitative estimate of drug-likeness (QED) is 0.358. The third-order valence-corrected chi connectivity index (χ3v) is 3.04. The van der Waals surface area contributed by atoms with E-state index in [9.17, 15) is 9.59 Å². The number of amides is 1. The number of carboxylic acids is 1. The molecule has 1 amide bonds. The van der Waals surface area contributed by atoms with Crippen LogP contribution < -0.4 is 5.32 Å². The van der Waals surface area contributed by atoms with Gasteiger partial charge in [0.25, 0.3) is 0 Å². The highest BCUT2D eigenvalue weighted by Gasteiger charge is 2.15. The van der Waals surface area contributed by atoms with Crippen LogP contribution in [0.25, 0.3) is 0 Å². The van der Waals surface area contributed by atoms with E-state index in [1.54, 1.807) is 6.92 Å². The van der Waals surface area contributed by atoms with Gasteiger partial charge >= 0.3 is 5.97 Å². The Hall–Kier alpha value is -1.36. The van der Waals surface area contributed by atoms with Crippen molar-refractivity contribution >= 4 is 11.9 Å². The molecule has 0 aromatic carbocycles. The molecule has 0 saturated heterocycles. The predicted molar refractivity (Wildman–Crippen MR) is 75.8 cm³/mol. The van der Waals surface area contributed by atoms with Gasteiger partial charge in [-0.3, -0.25) is 9.59 Å². The lowest BCUT2D eigenvalue weighted by Gasteiger charge is -2.29. The Balaban J connectivity index is 3.60. The number of hydrogen-bond donors (Lipinski definition) is 2. The van der Waals surface area contributed by atoms with E-state index in [-0.39, 0.29) is 12.3 Å². The number of unbranched alkanes of at least 4 members (excludes halogenated alkanes) is 2. The number of hydrogen-bond acceptors (Lipinski definition) is 2. The summed E-state index contributed by atoms with van der Waals surface area (Å²) in [4.78, 5) is 21.7. The van der Waals surface area contributed by atoms with Gasteiger partial charge in [0.05, 0.1) is 33.6 Å². The predicted octanol–water partition coefficient (Wildman–Crippen LogP) is 1.40. The van der Waals surface area contributed by atoms with Gasteiger partial charge in [-0.2, -0.15) is 0 Å². The minimum Gasteiger partial charge on any atom is -0.481 e. The van der Waals surface area contributed by atoms with Gasteiger partial charge in [0.15, 0.2) is 0 Å². The zero-order chi connectivity index (χ0) is 14.9. The van der Waals surface area contributed by atoms with E-state index < -0.39 is 5.97 Å². The zero-order valence-electron chi connectivity index (χ0n) is 12.4. The monoisotopic (exact) mass is 271 g/mol. The first-order valence-corrected chi connectivity index (χ1v) is 6.72. The van der Waals surface area contributed by atoms with Crippen LogP contribution in [0.5, 0.6) is 0 Å². The summed E-state index contributed by atoms with van der Waals surface area (Å²) in [5, 5.41) is 11.5. The standard InChI is InChI=1S/C14H26N2O3/c1-12(2)14(19)15-9-6-5-7-10-16(3,4)11-8-13(17)18/h1,5-11H2,2-4H3,(H-,15,17,18,19)/p+1. The van der Waals surface area contributed by atoms with Crippen LogP contribution >= 0.6 is 0 Å². The summed E-state index contributed by atoms with van der Waals surface area (Å²) in [6.07, 6.45) is 3.22. The van der Waals surface area contributed by atoms with E-state index in [4.69, 9.17) is 5.11 Å². The number of nitrogens with one attached hydrogen (secondary N) is 1. The van der Waals surface area contributed by atoms with Crippen LogP contribution in [0.2, 0.25) is 0 Å². The minimum atomic E-state index is -0.742. The summed E-state index contributed by atoms with van der Waals surface area (Å²) < 4.78 is 0.727. The first-order valence-electron chi connectivity index (χ1n) is 6.72. The molecule has 19 heavy (non-hydrogen) atoms. The summed E-state index contributed by atoms with van der Waals surface area (Å²) in [6.45, 7) is 7.56. The Morgan fingerprint density at radius 1 is 1.16 bits per heavy atom. The number of quaternary nitrogens is 1. The smallest absolute Gasteiger partial charge is 0.309 e. The van der Waals surface area contributed by atoms with Crippen molar-refractivity contribution in [1.82, 2.24) is 5.32 Å². The fraction of sp³-hybridized carbons (Fsp3) is 0.714. The van der Waals surface area contributed by atoms with Crippen LogP contribution in [0.1, 0.15) is 32.6 Å². The maximum absolute atomic E-state index is 11.2. The second-order valence-corrected chi connectivity index (χ2v) is 5.62. The summed E-state index contributed by atoms with van der Waals surface area (Å²) in [5.41, 5.74) is 0.534. The molecule has 0 aliphatic heterocycles. The molecule has 0 aliphatic carbocycles. The van der Waals surface area contributed by atoms with Gasteiger partial charge in [0.1, 0.15) is 0 Å². The van der Waals surface area contributed by atoms with Gasteiger partial charge in [-0.25, -0.2) is 0 Å². The molecule has 0 aliphatic rings. The molecule has 2 N–H and O–H groups in total. The van der Waals surface area contributed by atoms with Crippen LogP contribution in [0, 0.1) is 0 Å². The molecule has 0 unspecified atom stereocenters. The van der Waals surface area contributed by atoms with Crippen molar-refractivity contribution in [2.24, 2.45) is 0 Å². The van der Waals surface area contributed by atoms with E-state index >= 15 is 0 Å². The fourth-order valence-corrected chi connectivity index (χ4v) is 1.70. The number of carbonyl (C=O) groups is 2. The zero-order valence-corrected chi connectivity index (χ0v) is 12.4.